The number of Topliss-reactive ketones (excluding diaryl/α,β-unsaturated/α-hetero) is 1. The van der Waals surface area contributed by atoms with Crippen LogP contribution in [0.2, 0.25) is 0 Å². The number of hydrogen-bond donors (Lipinski definition) is 1. The minimum Gasteiger partial charge on any atom is -0.329 e. The maximum Gasteiger partial charge on any atom is 0.248 e. The number of aromatic nitrogens is 1. The Morgan fingerprint density at radius 1 is 1.18 bits per heavy atom. The second-order valence-corrected chi connectivity index (χ2v) is 3.94. The van der Waals surface area contributed by atoms with Crippen LogP contribution in [0, 0.1) is 0 Å². The van der Waals surface area contributed by atoms with E-state index >= 15 is 0 Å². The summed E-state index contributed by atoms with van der Waals surface area (Å²) in [5, 5.41) is 0. The van der Waals surface area contributed by atoms with E-state index in [-0.39, 0.29) is 17.3 Å². The zero-order valence-electron chi connectivity index (χ0n) is 9.51. The van der Waals surface area contributed by atoms with Crippen LogP contribution in [0.25, 0.3) is 0 Å². The van der Waals surface area contributed by atoms with E-state index < -0.39 is 0 Å². The van der Waals surface area contributed by atoms with Crippen molar-refractivity contribution in [1.29, 1.82) is 0 Å². The van der Waals surface area contributed by atoms with Crippen LogP contribution in [-0.4, -0.2) is 10.8 Å². The fraction of sp³-hybridized carbons (Fsp3) is 0.143. The topological polar surface area (TPSA) is 49.9 Å². The number of carbonyl (C=O) groups excluding carboxylic acids is 1. The number of pyridine rings is 1. The molecule has 0 saturated heterocycles. The zero-order valence-corrected chi connectivity index (χ0v) is 9.51. The summed E-state index contributed by atoms with van der Waals surface area (Å²) in [5.74, 6) is -0.282. The van der Waals surface area contributed by atoms with Crippen LogP contribution in [0.5, 0.6) is 0 Å². The molecule has 1 aromatic heterocycles. The number of H-pyrrole nitrogens is 1. The highest BCUT2D eigenvalue weighted by Gasteiger charge is 2.16. The normalized spacial score (nSPS) is 12.1. The van der Waals surface area contributed by atoms with Gasteiger partial charge >= 0.3 is 0 Å². The Labute approximate surface area is 99.1 Å². The fourth-order valence-electron chi connectivity index (χ4n) is 1.73. The van der Waals surface area contributed by atoms with E-state index in [0.29, 0.717) is 5.56 Å². The van der Waals surface area contributed by atoms with Gasteiger partial charge in [0.25, 0.3) is 0 Å². The lowest BCUT2D eigenvalue weighted by molar-refractivity contribution is 0.0966. The van der Waals surface area contributed by atoms with Crippen LogP contribution < -0.4 is 5.56 Å². The average Bonchev–Trinajstić information content (AvgIpc) is 2.38. The number of carbonyl (C=O) groups is 1. The van der Waals surface area contributed by atoms with Gasteiger partial charge in [-0.2, -0.15) is 0 Å². The molecule has 17 heavy (non-hydrogen) atoms. The highest BCUT2D eigenvalue weighted by Crippen LogP contribution is 2.18. The van der Waals surface area contributed by atoms with Gasteiger partial charge in [-0.05, 0) is 11.6 Å². The van der Waals surface area contributed by atoms with Crippen molar-refractivity contribution in [3.63, 3.8) is 0 Å². The number of nitrogens with one attached hydrogen (secondary N) is 1. The molecule has 0 aliphatic rings. The summed E-state index contributed by atoms with van der Waals surface area (Å²) in [7, 11) is 0. The van der Waals surface area contributed by atoms with Gasteiger partial charge in [0.15, 0.2) is 5.78 Å². The van der Waals surface area contributed by atoms with Gasteiger partial charge in [0, 0.05) is 23.7 Å². The molecule has 0 saturated carbocycles. The van der Waals surface area contributed by atoms with Crippen LogP contribution >= 0.6 is 0 Å². The second kappa shape index (κ2) is 4.78. The third-order valence-corrected chi connectivity index (χ3v) is 2.75. The summed E-state index contributed by atoms with van der Waals surface area (Å²) in [5.41, 5.74) is 1.22. The van der Waals surface area contributed by atoms with Gasteiger partial charge in [0.1, 0.15) is 0 Å². The molecule has 0 amide bonds. The third-order valence-electron chi connectivity index (χ3n) is 2.75. The average molecular weight is 227 g/mol. The summed E-state index contributed by atoms with van der Waals surface area (Å²) in [6.07, 6.45) is 1.56. The number of aromatic amines is 1. The zero-order chi connectivity index (χ0) is 12.3. The molecule has 1 aromatic carbocycles. The standard InChI is InChI=1S/C14H13NO2/c1-10(12-7-8-15-13(16)9-12)14(17)11-5-3-2-4-6-11/h2-10H,1H3,(H,15,16). The first-order chi connectivity index (χ1) is 8.18. The fourth-order valence-corrected chi connectivity index (χ4v) is 1.73. The smallest absolute Gasteiger partial charge is 0.248 e. The maximum absolute atomic E-state index is 12.1. The first-order valence-corrected chi connectivity index (χ1v) is 5.46. The molecule has 3 heteroatoms. The quantitative estimate of drug-likeness (QED) is 0.818. The molecule has 1 N–H and O–H groups in total. The molecule has 0 aliphatic heterocycles. The van der Waals surface area contributed by atoms with Crippen molar-refractivity contribution in [2.45, 2.75) is 12.8 Å². The predicted molar refractivity (Wildman–Crippen MR) is 66.3 cm³/mol. The molecule has 0 fully saturated rings. The molecular weight excluding hydrogens is 214 g/mol. The molecule has 1 heterocycles. The molecule has 2 aromatic rings. The first-order valence-electron chi connectivity index (χ1n) is 5.46. The van der Waals surface area contributed by atoms with Crippen molar-refractivity contribution in [2.75, 3.05) is 0 Å². The monoisotopic (exact) mass is 227 g/mol. The van der Waals surface area contributed by atoms with E-state index in [1.807, 2.05) is 25.1 Å². The van der Waals surface area contributed by atoms with Crippen molar-refractivity contribution in [1.82, 2.24) is 4.98 Å². The van der Waals surface area contributed by atoms with E-state index in [1.165, 1.54) is 6.07 Å². The van der Waals surface area contributed by atoms with E-state index in [9.17, 15) is 9.59 Å². The summed E-state index contributed by atoms with van der Waals surface area (Å²) < 4.78 is 0. The summed E-state index contributed by atoms with van der Waals surface area (Å²) in [6.45, 7) is 1.81. The van der Waals surface area contributed by atoms with Gasteiger partial charge in [0.2, 0.25) is 5.56 Å². The predicted octanol–water partition coefficient (Wildman–Crippen LogP) is 2.36. The number of benzene rings is 1. The summed E-state index contributed by atoms with van der Waals surface area (Å²) in [4.78, 5) is 25.9. The lowest BCUT2D eigenvalue weighted by Gasteiger charge is -2.10. The van der Waals surface area contributed by atoms with Crippen LogP contribution in [0.15, 0.2) is 53.5 Å². The van der Waals surface area contributed by atoms with E-state index in [0.717, 1.165) is 5.56 Å². The highest BCUT2D eigenvalue weighted by atomic mass is 16.1. The van der Waals surface area contributed by atoms with Crippen LogP contribution in [0.3, 0.4) is 0 Å². The lowest BCUT2D eigenvalue weighted by Crippen LogP contribution is -2.13. The van der Waals surface area contributed by atoms with Gasteiger partial charge in [-0.1, -0.05) is 37.3 Å². The van der Waals surface area contributed by atoms with Gasteiger partial charge in [-0.3, -0.25) is 9.59 Å². The SMILES string of the molecule is CC(C(=O)c1ccccc1)c1cc[nH]c(=O)c1. The van der Waals surface area contributed by atoms with E-state index in [4.69, 9.17) is 0 Å². The number of ketones is 1. The molecule has 0 radical (unpaired) electrons. The van der Waals surface area contributed by atoms with Gasteiger partial charge in [-0.15, -0.1) is 0 Å². The van der Waals surface area contributed by atoms with Gasteiger partial charge < -0.3 is 4.98 Å². The van der Waals surface area contributed by atoms with Crippen molar-refractivity contribution < 1.29 is 4.79 Å². The number of rotatable bonds is 3. The van der Waals surface area contributed by atoms with Gasteiger partial charge in [0.05, 0.1) is 0 Å². The Morgan fingerprint density at radius 3 is 2.53 bits per heavy atom. The largest absolute Gasteiger partial charge is 0.329 e. The van der Waals surface area contributed by atoms with Crippen LogP contribution in [0.4, 0.5) is 0 Å². The van der Waals surface area contributed by atoms with E-state index in [2.05, 4.69) is 4.98 Å². The van der Waals surface area contributed by atoms with Crippen LogP contribution in [-0.2, 0) is 0 Å². The minimum atomic E-state index is -0.306. The van der Waals surface area contributed by atoms with Crippen molar-refractivity contribution >= 4 is 5.78 Å². The molecule has 0 bridgehead atoms. The molecule has 2 rings (SSSR count). The summed E-state index contributed by atoms with van der Waals surface area (Å²) in [6, 6.07) is 12.3. The molecule has 0 spiro atoms. The van der Waals surface area contributed by atoms with Crippen LogP contribution in [0.1, 0.15) is 28.8 Å². The van der Waals surface area contributed by atoms with Crippen molar-refractivity contribution in [3.05, 3.63) is 70.1 Å². The lowest BCUT2D eigenvalue weighted by atomic mass is 9.93. The first kappa shape index (κ1) is 11.3. The Hall–Kier alpha value is -2.16. The van der Waals surface area contributed by atoms with Crippen molar-refractivity contribution in [2.24, 2.45) is 0 Å². The Morgan fingerprint density at radius 2 is 1.88 bits per heavy atom. The van der Waals surface area contributed by atoms with Crippen molar-refractivity contribution in [3.8, 4) is 0 Å². The molecular formula is C14H13NO2. The Kier molecular flexibility index (Phi) is 3.19. The Bertz CT molecular complexity index is 572. The number of hydrogen-bond acceptors (Lipinski definition) is 2. The molecule has 0 aliphatic carbocycles. The molecule has 1 unspecified atom stereocenters. The maximum atomic E-state index is 12.1. The van der Waals surface area contributed by atoms with E-state index in [1.54, 1.807) is 24.4 Å². The molecule has 3 nitrogen and oxygen atoms in total. The molecule has 86 valence electrons. The van der Waals surface area contributed by atoms with Gasteiger partial charge in [-0.25, -0.2) is 0 Å². The summed E-state index contributed by atoms with van der Waals surface area (Å²) >= 11 is 0. The molecule has 1 atom stereocenters. The third kappa shape index (κ3) is 2.50. The second-order valence-electron chi connectivity index (χ2n) is 3.94. The highest BCUT2D eigenvalue weighted by molar-refractivity contribution is 6.00. The minimum absolute atomic E-state index is 0.0243. The Balaban J connectivity index is 2.30.